The Kier molecular flexibility index (Phi) is 6.83. The molecule has 0 aliphatic rings. The molecule has 12 heteroatoms. The maximum atomic E-state index is 13.9. The van der Waals surface area contributed by atoms with E-state index in [4.69, 9.17) is 11.6 Å². The molecule has 0 bridgehead atoms. The fraction of sp³-hybridized carbons (Fsp3) is 0.222. The first kappa shape index (κ1) is 21.9. The van der Waals surface area contributed by atoms with E-state index in [2.05, 4.69) is 41.6 Å². The zero-order chi connectivity index (χ0) is 21.8. The number of benzene rings is 1. The molecule has 0 unspecified atom stereocenters. The van der Waals surface area contributed by atoms with Crippen LogP contribution in [0.25, 0.3) is 0 Å². The van der Waals surface area contributed by atoms with Crippen LogP contribution in [0, 0.1) is 11.6 Å². The Morgan fingerprint density at radius 1 is 1.30 bits per heavy atom. The van der Waals surface area contributed by atoms with Gasteiger partial charge in [0.1, 0.15) is 11.6 Å². The van der Waals surface area contributed by atoms with Gasteiger partial charge in [-0.1, -0.05) is 27.5 Å². The SMILES string of the molecule is CN(C)C(=O)Cn1cc(Nc2ncc(Cl)c(NCc3cc(Br)cc(F)c3F)n2)cn1. The molecule has 0 aliphatic heterocycles. The fourth-order valence-electron chi connectivity index (χ4n) is 2.39. The van der Waals surface area contributed by atoms with Crippen LogP contribution in [0.1, 0.15) is 5.56 Å². The smallest absolute Gasteiger partial charge is 0.243 e. The lowest BCUT2D eigenvalue weighted by Crippen LogP contribution is -2.26. The van der Waals surface area contributed by atoms with Crippen LogP contribution in [0.5, 0.6) is 0 Å². The largest absolute Gasteiger partial charge is 0.364 e. The van der Waals surface area contributed by atoms with Crippen LogP contribution < -0.4 is 10.6 Å². The Labute approximate surface area is 184 Å². The second kappa shape index (κ2) is 9.35. The van der Waals surface area contributed by atoms with Crippen molar-refractivity contribution in [3.05, 3.63) is 57.4 Å². The van der Waals surface area contributed by atoms with Crippen LogP contribution in [0.15, 0.2) is 35.2 Å². The van der Waals surface area contributed by atoms with Crippen molar-refractivity contribution in [3.63, 3.8) is 0 Å². The first-order chi connectivity index (χ1) is 14.2. The number of halogens is 4. The lowest BCUT2D eigenvalue weighted by molar-refractivity contribution is -0.129. The minimum atomic E-state index is -0.956. The minimum absolute atomic E-state index is 0.0387. The molecule has 2 N–H and O–H groups in total. The molecule has 0 saturated heterocycles. The number of carbonyl (C=O) groups excluding carboxylic acids is 1. The number of hydrogen-bond donors (Lipinski definition) is 2. The molecule has 158 valence electrons. The maximum absolute atomic E-state index is 13.9. The Balaban J connectivity index is 1.70. The van der Waals surface area contributed by atoms with Gasteiger partial charge in [-0.2, -0.15) is 10.1 Å². The molecule has 0 fully saturated rings. The van der Waals surface area contributed by atoms with Gasteiger partial charge in [-0.15, -0.1) is 0 Å². The number of nitrogens with zero attached hydrogens (tertiary/aromatic N) is 5. The monoisotopic (exact) mass is 499 g/mol. The molecular weight excluding hydrogens is 484 g/mol. The predicted octanol–water partition coefficient (Wildman–Crippen LogP) is 3.81. The van der Waals surface area contributed by atoms with Crippen molar-refractivity contribution < 1.29 is 13.6 Å². The molecule has 0 radical (unpaired) electrons. The van der Waals surface area contributed by atoms with Crippen LogP contribution in [0.2, 0.25) is 5.02 Å². The summed E-state index contributed by atoms with van der Waals surface area (Å²) < 4.78 is 29.4. The van der Waals surface area contributed by atoms with Gasteiger partial charge in [0, 0.05) is 36.9 Å². The summed E-state index contributed by atoms with van der Waals surface area (Å²) in [5, 5.41) is 10.1. The molecule has 3 aromatic rings. The molecule has 30 heavy (non-hydrogen) atoms. The van der Waals surface area contributed by atoms with E-state index in [0.29, 0.717) is 10.2 Å². The van der Waals surface area contributed by atoms with E-state index >= 15 is 0 Å². The van der Waals surface area contributed by atoms with Crippen molar-refractivity contribution in [2.24, 2.45) is 0 Å². The Hall–Kier alpha value is -2.79. The van der Waals surface area contributed by atoms with Crippen LogP contribution in [-0.2, 0) is 17.9 Å². The van der Waals surface area contributed by atoms with Crippen LogP contribution in [-0.4, -0.2) is 44.7 Å². The summed E-state index contributed by atoms with van der Waals surface area (Å²) in [4.78, 5) is 21.6. The van der Waals surface area contributed by atoms with E-state index in [0.717, 1.165) is 6.07 Å². The van der Waals surface area contributed by atoms with Crippen molar-refractivity contribution in [1.82, 2.24) is 24.6 Å². The van der Waals surface area contributed by atoms with Crippen LogP contribution in [0.4, 0.5) is 26.2 Å². The van der Waals surface area contributed by atoms with Crippen molar-refractivity contribution in [1.29, 1.82) is 0 Å². The summed E-state index contributed by atoms with van der Waals surface area (Å²) in [6.45, 7) is 0.0562. The highest BCUT2D eigenvalue weighted by atomic mass is 79.9. The highest BCUT2D eigenvalue weighted by Crippen LogP contribution is 2.24. The molecule has 8 nitrogen and oxygen atoms in total. The Morgan fingerprint density at radius 2 is 2.07 bits per heavy atom. The molecule has 1 aromatic carbocycles. The first-order valence-corrected chi connectivity index (χ1v) is 9.79. The number of hydrogen-bond acceptors (Lipinski definition) is 6. The van der Waals surface area contributed by atoms with Crippen molar-refractivity contribution in [3.8, 4) is 0 Å². The zero-order valence-electron chi connectivity index (χ0n) is 16.0. The van der Waals surface area contributed by atoms with Crippen molar-refractivity contribution in [2.75, 3.05) is 24.7 Å². The van der Waals surface area contributed by atoms with E-state index in [1.807, 2.05) is 0 Å². The highest BCUT2D eigenvalue weighted by Gasteiger charge is 2.13. The van der Waals surface area contributed by atoms with Gasteiger partial charge < -0.3 is 15.5 Å². The molecule has 1 amide bonds. The maximum Gasteiger partial charge on any atom is 0.243 e. The molecule has 0 aliphatic carbocycles. The van der Waals surface area contributed by atoms with E-state index in [1.54, 1.807) is 20.3 Å². The first-order valence-electron chi connectivity index (χ1n) is 8.62. The predicted molar refractivity (Wildman–Crippen MR) is 113 cm³/mol. The summed E-state index contributed by atoms with van der Waals surface area (Å²) in [6.07, 6.45) is 4.52. The van der Waals surface area contributed by atoms with Gasteiger partial charge >= 0.3 is 0 Å². The normalized spacial score (nSPS) is 10.7. The number of amides is 1. The van der Waals surface area contributed by atoms with Gasteiger partial charge in [-0.05, 0) is 12.1 Å². The van der Waals surface area contributed by atoms with Crippen LogP contribution >= 0.6 is 27.5 Å². The quantitative estimate of drug-likeness (QED) is 0.480. The average molecular weight is 501 g/mol. The van der Waals surface area contributed by atoms with Gasteiger partial charge in [-0.25, -0.2) is 13.8 Å². The van der Waals surface area contributed by atoms with Crippen LogP contribution in [0.3, 0.4) is 0 Å². The topological polar surface area (TPSA) is 88.0 Å². The molecule has 0 atom stereocenters. The van der Waals surface area contributed by atoms with Gasteiger partial charge in [0.15, 0.2) is 17.5 Å². The number of likely N-dealkylation sites (N-methyl/N-ethyl adjacent to an activating group) is 1. The third-order valence-corrected chi connectivity index (χ3v) is 4.68. The number of nitrogens with one attached hydrogen (secondary N) is 2. The summed E-state index contributed by atoms with van der Waals surface area (Å²) >= 11 is 9.24. The molecular formula is C18H17BrClF2N7O. The van der Waals surface area contributed by atoms with Crippen molar-refractivity contribution >= 4 is 50.9 Å². The summed E-state index contributed by atoms with van der Waals surface area (Å²) in [5.74, 6) is -1.56. The second-order valence-corrected chi connectivity index (χ2v) is 7.77. The van der Waals surface area contributed by atoms with Gasteiger partial charge in [0.2, 0.25) is 11.9 Å². The third-order valence-electron chi connectivity index (χ3n) is 3.94. The Morgan fingerprint density at radius 3 is 2.80 bits per heavy atom. The summed E-state index contributed by atoms with van der Waals surface area (Å²) in [6, 6.07) is 2.51. The number of anilines is 3. The van der Waals surface area contributed by atoms with E-state index in [1.165, 1.54) is 28.0 Å². The average Bonchev–Trinajstić information content (AvgIpc) is 3.12. The second-order valence-electron chi connectivity index (χ2n) is 6.44. The van der Waals surface area contributed by atoms with E-state index < -0.39 is 11.6 Å². The van der Waals surface area contributed by atoms with Gasteiger partial charge in [-0.3, -0.25) is 9.48 Å². The molecule has 2 aromatic heterocycles. The molecule has 3 rings (SSSR count). The van der Waals surface area contributed by atoms with E-state index in [-0.39, 0.29) is 41.3 Å². The lowest BCUT2D eigenvalue weighted by atomic mass is 10.2. The zero-order valence-corrected chi connectivity index (χ0v) is 18.3. The summed E-state index contributed by atoms with van der Waals surface area (Å²) in [5.41, 5.74) is 0.674. The number of rotatable bonds is 7. The highest BCUT2D eigenvalue weighted by molar-refractivity contribution is 9.10. The van der Waals surface area contributed by atoms with Gasteiger partial charge in [0.05, 0.1) is 18.1 Å². The third kappa shape index (κ3) is 5.42. The molecule has 2 heterocycles. The van der Waals surface area contributed by atoms with Gasteiger partial charge in [0.25, 0.3) is 0 Å². The van der Waals surface area contributed by atoms with E-state index in [9.17, 15) is 13.6 Å². The fourth-order valence-corrected chi connectivity index (χ4v) is 3.03. The standard InChI is InChI=1S/C18H17BrClF2N7O/c1-28(2)15(30)9-29-8-12(6-25-29)26-18-24-7-13(20)17(27-18)23-5-10-3-11(19)4-14(21)16(10)22/h3-4,6-8H,5,9H2,1-2H3,(H2,23,24,26,27). The number of carbonyl (C=O) groups is 1. The minimum Gasteiger partial charge on any atom is -0.364 e. The Bertz CT molecular complexity index is 1080. The summed E-state index contributed by atoms with van der Waals surface area (Å²) in [7, 11) is 3.32. The number of aromatic nitrogens is 4. The molecule has 0 spiro atoms. The molecule has 0 saturated carbocycles. The van der Waals surface area contributed by atoms with Crippen molar-refractivity contribution in [2.45, 2.75) is 13.1 Å². The lowest BCUT2D eigenvalue weighted by Gasteiger charge is -2.11.